The highest BCUT2D eigenvalue weighted by atomic mass is 32.2. The topological polar surface area (TPSA) is 61.5 Å². The molecule has 1 aromatic carbocycles. The number of likely N-dealkylation sites (N-methyl/N-ethyl adjacent to an activating group) is 2. The highest BCUT2D eigenvalue weighted by Gasteiger charge is 2.25. The van der Waals surface area contributed by atoms with Crippen LogP contribution in [-0.4, -0.2) is 84.3 Å². The standard InChI is InChI=1S/C30H42FN7S/c1-8-27(35(6)18-19-37(10-3)17-16-32)23-38-22-24(4)34-28(9-2)29(38)36(7)30(33-5)39-20-15-25-11-13-26(21-31)14-12-25/h8,11-15,20,23H,1,9-10,17-19,21-22H2,2-7H3/b20-15+,27-23+,33-30?. The Bertz CT molecular complexity index is 1140. The van der Waals surface area contributed by atoms with Crippen LogP contribution in [0.5, 0.6) is 0 Å². The fourth-order valence-corrected chi connectivity index (χ4v) is 4.83. The van der Waals surface area contributed by atoms with Crippen molar-refractivity contribution in [3.05, 3.63) is 76.9 Å². The van der Waals surface area contributed by atoms with Gasteiger partial charge >= 0.3 is 0 Å². The zero-order chi connectivity index (χ0) is 28.8. The third-order valence-corrected chi connectivity index (χ3v) is 7.32. The SMILES string of the molecule is C=C/C(=C\N1CC(C)=NC(CC)=C1N(C)C(=NC)S/C=C/c1ccc(CF)cc1)N(C)CCN(CC)CC#N. The number of alkyl halides is 1. The second-order valence-electron chi connectivity index (χ2n) is 9.17. The maximum absolute atomic E-state index is 12.8. The zero-order valence-corrected chi connectivity index (χ0v) is 25.0. The normalized spacial score (nSPS) is 14.6. The number of rotatable bonds is 13. The molecule has 0 radical (unpaired) electrons. The lowest BCUT2D eigenvalue weighted by molar-refractivity contribution is 0.276. The lowest BCUT2D eigenvalue weighted by Gasteiger charge is -2.36. The summed E-state index contributed by atoms with van der Waals surface area (Å²) < 4.78 is 12.8. The van der Waals surface area contributed by atoms with Gasteiger partial charge in [0.15, 0.2) is 5.17 Å². The van der Waals surface area contributed by atoms with Crippen LogP contribution in [0.1, 0.15) is 38.3 Å². The monoisotopic (exact) mass is 551 g/mol. The van der Waals surface area contributed by atoms with Crippen LogP contribution in [0.2, 0.25) is 0 Å². The minimum Gasteiger partial charge on any atom is -0.372 e. The zero-order valence-electron chi connectivity index (χ0n) is 24.2. The number of thioether (sulfide) groups is 1. The summed E-state index contributed by atoms with van der Waals surface area (Å²) >= 11 is 1.52. The molecule has 210 valence electrons. The predicted molar refractivity (Wildman–Crippen MR) is 165 cm³/mol. The van der Waals surface area contributed by atoms with Gasteiger partial charge in [0.1, 0.15) is 12.5 Å². The van der Waals surface area contributed by atoms with Gasteiger partial charge in [0, 0.05) is 46.1 Å². The van der Waals surface area contributed by atoms with Gasteiger partial charge in [0.05, 0.1) is 30.6 Å². The van der Waals surface area contributed by atoms with Gasteiger partial charge < -0.3 is 14.7 Å². The molecule has 0 N–H and O–H groups in total. The first-order chi connectivity index (χ1) is 18.8. The van der Waals surface area contributed by atoms with Crippen molar-refractivity contribution in [3.8, 4) is 6.07 Å². The molecule has 2 rings (SSSR count). The van der Waals surface area contributed by atoms with E-state index in [2.05, 4.69) is 57.3 Å². The van der Waals surface area contributed by atoms with E-state index >= 15 is 0 Å². The van der Waals surface area contributed by atoms with Crippen molar-refractivity contribution in [2.45, 2.75) is 33.9 Å². The maximum Gasteiger partial charge on any atom is 0.168 e. The summed E-state index contributed by atoms with van der Waals surface area (Å²) in [5.41, 5.74) is 4.69. The molecule has 0 fully saturated rings. The fraction of sp³-hybridized carbons (Fsp3) is 0.433. The summed E-state index contributed by atoms with van der Waals surface area (Å²) in [7, 11) is 5.85. The first-order valence-corrected chi connectivity index (χ1v) is 14.1. The van der Waals surface area contributed by atoms with Gasteiger partial charge in [-0.1, -0.05) is 56.5 Å². The molecule has 1 aliphatic rings. The molecule has 1 aliphatic heterocycles. The number of hydrogen-bond acceptors (Lipinski definition) is 7. The quantitative estimate of drug-likeness (QED) is 0.131. The lowest BCUT2D eigenvalue weighted by Crippen LogP contribution is -2.39. The number of amidine groups is 1. The Morgan fingerprint density at radius 2 is 1.97 bits per heavy atom. The number of allylic oxidation sites excluding steroid dienone is 2. The van der Waals surface area contributed by atoms with Crippen molar-refractivity contribution in [2.24, 2.45) is 9.98 Å². The van der Waals surface area contributed by atoms with Crippen LogP contribution < -0.4 is 0 Å². The van der Waals surface area contributed by atoms with Gasteiger partial charge in [0.2, 0.25) is 0 Å². The second-order valence-corrected chi connectivity index (χ2v) is 10.0. The van der Waals surface area contributed by atoms with E-state index in [0.717, 1.165) is 59.7 Å². The Kier molecular flexibility index (Phi) is 13.5. The molecule has 1 aromatic rings. The first kappa shape index (κ1) is 31.9. The highest BCUT2D eigenvalue weighted by molar-refractivity contribution is 8.16. The van der Waals surface area contributed by atoms with Gasteiger partial charge in [-0.05, 0) is 48.6 Å². The van der Waals surface area contributed by atoms with Crippen LogP contribution >= 0.6 is 11.8 Å². The molecule has 39 heavy (non-hydrogen) atoms. The van der Waals surface area contributed by atoms with Gasteiger partial charge in [-0.2, -0.15) is 5.26 Å². The fourth-order valence-electron chi connectivity index (χ4n) is 4.13. The molecule has 0 amide bonds. The van der Waals surface area contributed by atoms with Crippen LogP contribution in [0.25, 0.3) is 6.08 Å². The molecule has 0 saturated heterocycles. The Hall–Kier alpha value is -3.35. The molecule has 0 aliphatic carbocycles. The summed E-state index contributed by atoms with van der Waals surface area (Å²) in [6.07, 6.45) is 6.76. The molecule has 0 saturated carbocycles. The van der Waals surface area contributed by atoms with Gasteiger partial charge in [-0.3, -0.25) is 14.9 Å². The van der Waals surface area contributed by atoms with E-state index in [-0.39, 0.29) is 0 Å². The van der Waals surface area contributed by atoms with Crippen molar-refractivity contribution in [1.29, 1.82) is 5.26 Å². The number of aliphatic imine (C=N–C) groups is 2. The Balaban J connectivity index is 2.29. The van der Waals surface area contributed by atoms with E-state index in [0.29, 0.717) is 18.7 Å². The van der Waals surface area contributed by atoms with E-state index in [4.69, 9.17) is 10.3 Å². The van der Waals surface area contributed by atoms with Crippen LogP contribution in [-0.2, 0) is 6.67 Å². The predicted octanol–water partition coefficient (Wildman–Crippen LogP) is 5.94. The number of nitriles is 1. The van der Waals surface area contributed by atoms with Gasteiger partial charge in [0.25, 0.3) is 0 Å². The first-order valence-electron chi connectivity index (χ1n) is 13.2. The largest absolute Gasteiger partial charge is 0.372 e. The Labute approximate surface area is 238 Å². The van der Waals surface area contributed by atoms with Crippen molar-refractivity contribution < 1.29 is 4.39 Å². The smallest absolute Gasteiger partial charge is 0.168 e. The summed E-state index contributed by atoms with van der Waals surface area (Å²) in [6.45, 7) is 13.3. The molecule has 1 heterocycles. The molecule has 9 heteroatoms. The Morgan fingerprint density at radius 3 is 2.54 bits per heavy atom. The van der Waals surface area contributed by atoms with E-state index in [1.165, 1.54) is 11.8 Å². The summed E-state index contributed by atoms with van der Waals surface area (Å²) in [5.74, 6) is 0.976. The number of benzene rings is 1. The average molecular weight is 552 g/mol. The lowest BCUT2D eigenvalue weighted by atomic mass is 10.1. The molecule has 0 spiro atoms. The van der Waals surface area contributed by atoms with Crippen molar-refractivity contribution in [1.82, 2.24) is 19.6 Å². The molecule has 0 atom stereocenters. The van der Waals surface area contributed by atoms with Crippen LogP contribution in [0.3, 0.4) is 0 Å². The van der Waals surface area contributed by atoms with E-state index in [9.17, 15) is 4.39 Å². The van der Waals surface area contributed by atoms with E-state index in [1.807, 2.05) is 50.7 Å². The van der Waals surface area contributed by atoms with Crippen LogP contribution in [0.4, 0.5) is 4.39 Å². The summed E-state index contributed by atoms with van der Waals surface area (Å²) in [5, 5.41) is 11.9. The third kappa shape index (κ3) is 9.41. The molecular weight excluding hydrogens is 509 g/mol. The summed E-state index contributed by atoms with van der Waals surface area (Å²) in [4.78, 5) is 18.0. The van der Waals surface area contributed by atoms with Crippen molar-refractivity contribution in [2.75, 3.05) is 53.9 Å². The highest BCUT2D eigenvalue weighted by Crippen LogP contribution is 2.27. The molecule has 7 nitrogen and oxygen atoms in total. The summed E-state index contributed by atoms with van der Waals surface area (Å²) in [6, 6.07) is 9.66. The van der Waals surface area contributed by atoms with Crippen LogP contribution in [0, 0.1) is 11.3 Å². The Morgan fingerprint density at radius 1 is 1.26 bits per heavy atom. The molecular formula is C30H42FN7S. The maximum atomic E-state index is 12.8. The second kappa shape index (κ2) is 16.6. The van der Waals surface area contributed by atoms with Crippen molar-refractivity contribution in [3.63, 3.8) is 0 Å². The minimum atomic E-state index is -0.459. The number of halogens is 1. The molecule has 0 unspecified atom stereocenters. The number of hydrogen-bond donors (Lipinski definition) is 0. The molecule has 0 bridgehead atoms. The van der Waals surface area contributed by atoms with Crippen molar-refractivity contribution >= 4 is 28.7 Å². The van der Waals surface area contributed by atoms with E-state index in [1.54, 1.807) is 19.2 Å². The molecule has 0 aromatic heterocycles. The average Bonchev–Trinajstić information content (AvgIpc) is 2.95. The third-order valence-electron chi connectivity index (χ3n) is 6.39. The van der Waals surface area contributed by atoms with Crippen LogP contribution in [0.15, 0.2) is 75.7 Å². The van der Waals surface area contributed by atoms with E-state index < -0.39 is 6.67 Å². The van der Waals surface area contributed by atoms with Gasteiger partial charge in [-0.25, -0.2) is 4.39 Å². The van der Waals surface area contributed by atoms with Gasteiger partial charge in [-0.15, -0.1) is 0 Å². The minimum absolute atomic E-state index is 0.422. The number of nitrogens with zero attached hydrogens (tertiary/aromatic N) is 7.